The van der Waals surface area contributed by atoms with Gasteiger partial charge in [0.25, 0.3) is 0 Å². The summed E-state index contributed by atoms with van der Waals surface area (Å²) >= 11 is 1.30. The fourth-order valence-electron chi connectivity index (χ4n) is 3.32. The van der Waals surface area contributed by atoms with Crippen molar-refractivity contribution in [2.45, 2.75) is 43.7 Å². The van der Waals surface area contributed by atoms with Crippen LogP contribution >= 0.6 is 11.8 Å². The Balaban J connectivity index is 1.54. The number of rotatable bonds is 8. The molecule has 1 heterocycles. The first-order valence-electron chi connectivity index (χ1n) is 10.1. The van der Waals surface area contributed by atoms with Crippen LogP contribution in [0.5, 0.6) is 0 Å². The van der Waals surface area contributed by atoms with E-state index < -0.39 is 0 Å². The van der Waals surface area contributed by atoms with Gasteiger partial charge in [-0.2, -0.15) is 0 Å². The van der Waals surface area contributed by atoms with Gasteiger partial charge in [0, 0.05) is 17.9 Å². The molecular weight excluding hydrogens is 394 g/mol. The van der Waals surface area contributed by atoms with Crippen LogP contribution < -0.4 is 11.2 Å². The molecule has 0 unspecified atom stereocenters. The number of nitrogens with zero attached hydrogens (tertiary/aromatic N) is 3. The molecule has 0 spiro atoms. The highest BCUT2D eigenvalue weighted by Crippen LogP contribution is 2.27. The average Bonchev–Trinajstić information content (AvgIpc) is 3.12. The molecule has 0 saturated heterocycles. The van der Waals surface area contributed by atoms with Gasteiger partial charge in [0.15, 0.2) is 5.82 Å². The van der Waals surface area contributed by atoms with Crippen molar-refractivity contribution in [2.24, 2.45) is 0 Å². The molecule has 30 heavy (non-hydrogen) atoms. The topological polar surface area (TPSA) is 85.8 Å². The highest BCUT2D eigenvalue weighted by Gasteiger charge is 2.23. The Kier molecular flexibility index (Phi) is 7.15. The first-order chi connectivity index (χ1) is 14.4. The van der Waals surface area contributed by atoms with Gasteiger partial charge in [-0.1, -0.05) is 93.2 Å². The molecule has 0 radical (unpaired) electrons. The Hall–Kier alpha value is -2.80. The Labute approximate surface area is 182 Å². The second-order valence-corrected chi connectivity index (χ2v) is 9.17. The molecule has 0 atom stereocenters. The second-order valence-electron chi connectivity index (χ2n) is 8.23. The zero-order valence-electron chi connectivity index (χ0n) is 17.7. The summed E-state index contributed by atoms with van der Waals surface area (Å²) in [6, 6.07) is 20.8. The minimum absolute atomic E-state index is 0.0415. The molecular formula is C23H29N5OS. The van der Waals surface area contributed by atoms with Crippen LogP contribution in [0.15, 0.2) is 65.8 Å². The number of hydrogen-bond acceptors (Lipinski definition) is 5. The SMILES string of the molecule is CC(C)(C)c1nnc(SCC(=O)NCCC(c2ccccc2)c2ccccc2)n1N. The van der Waals surface area contributed by atoms with Crippen LogP contribution in [0.1, 0.15) is 50.1 Å². The van der Waals surface area contributed by atoms with Crippen molar-refractivity contribution < 1.29 is 4.79 Å². The lowest BCUT2D eigenvalue weighted by molar-refractivity contribution is -0.118. The van der Waals surface area contributed by atoms with Gasteiger partial charge in [-0.25, -0.2) is 4.68 Å². The highest BCUT2D eigenvalue weighted by atomic mass is 32.2. The number of aromatic nitrogens is 3. The molecule has 2 aromatic carbocycles. The third-order valence-corrected chi connectivity index (χ3v) is 5.77. The Morgan fingerprint density at radius 3 is 2.10 bits per heavy atom. The quantitative estimate of drug-likeness (QED) is 0.426. The summed E-state index contributed by atoms with van der Waals surface area (Å²) < 4.78 is 1.47. The molecule has 0 fully saturated rings. The van der Waals surface area contributed by atoms with Crippen molar-refractivity contribution in [3.8, 4) is 0 Å². The highest BCUT2D eigenvalue weighted by molar-refractivity contribution is 7.99. The Morgan fingerprint density at radius 2 is 1.60 bits per heavy atom. The number of benzene rings is 2. The Morgan fingerprint density at radius 1 is 1.03 bits per heavy atom. The maximum Gasteiger partial charge on any atom is 0.230 e. The van der Waals surface area contributed by atoms with Crippen LogP contribution in [0, 0.1) is 0 Å². The zero-order chi connectivity index (χ0) is 21.6. The van der Waals surface area contributed by atoms with Gasteiger partial charge in [0.05, 0.1) is 5.75 Å². The van der Waals surface area contributed by atoms with Crippen LogP contribution in [0.3, 0.4) is 0 Å². The maximum atomic E-state index is 12.4. The summed E-state index contributed by atoms with van der Waals surface area (Å²) in [6.07, 6.45) is 0.825. The van der Waals surface area contributed by atoms with E-state index >= 15 is 0 Å². The molecule has 1 aromatic heterocycles. The first-order valence-corrected chi connectivity index (χ1v) is 11.0. The monoisotopic (exact) mass is 423 g/mol. The summed E-state index contributed by atoms with van der Waals surface area (Å²) in [5, 5.41) is 11.8. The second kappa shape index (κ2) is 9.80. The third-order valence-electron chi connectivity index (χ3n) is 4.83. The van der Waals surface area contributed by atoms with E-state index in [-0.39, 0.29) is 23.0 Å². The van der Waals surface area contributed by atoms with Crippen LogP contribution in [0.25, 0.3) is 0 Å². The molecule has 0 aliphatic rings. The van der Waals surface area contributed by atoms with Crippen LogP contribution in [0.4, 0.5) is 0 Å². The van der Waals surface area contributed by atoms with Gasteiger partial charge < -0.3 is 11.2 Å². The average molecular weight is 424 g/mol. The van der Waals surface area contributed by atoms with Gasteiger partial charge >= 0.3 is 0 Å². The first kappa shape index (κ1) is 21.9. The fourth-order valence-corrected chi connectivity index (χ4v) is 4.01. The number of carbonyl (C=O) groups excluding carboxylic acids is 1. The number of thioether (sulfide) groups is 1. The number of nitrogen functional groups attached to an aromatic ring is 1. The normalized spacial score (nSPS) is 11.6. The number of hydrogen-bond donors (Lipinski definition) is 2. The number of nitrogens with two attached hydrogens (primary N) is 1. The summed E-state index contributed by atoms with van der Waals surface area (Å²) in [5.74, 6) is 7.22. The van der Waals surface area contributed by atoms with E-state index in [4.69, 9.17) is 5.84 Å². The van der Waals surface area contributed by atoms with Gasteiger partial charge in [-0.05, 0) is 17.5 Å². The lowest BCUT2D eigenvalue weighted by Gasteiger charge is -2.18. The smallest absolute Gasteiger partial charge is 0.230 e. The number of carbonyl (C=O) groups is 1. The van der Waals surface area contributed by atoms with Gasteiger partial charge in [0.2, 0.25) is 11.1 Å². The van der Waals surface area contributed by atoms with E-state index in [9.17, 15) is 4.79 Å². The molecule has 0 aliphatic heterocycles. The maximum absolute atomic E-state index is 12.4. The van der Waals surface area contributed by atoms with E-state index in [0.29, 0.717) is 17.5 Å². The van der Waals surface area contributed by atoms with Gasteiger partial charge in [-0.3, -0.25) is 4.79 Å². The van der Waals surface area contributed by atoms with Gasteiger partial charge in [0.1, 0.15) is 0 Å². The molecule has 3 aromatic rings. The molecule has 0 saturated carbocycles. The molecule has 0 bridgehead atoms. The van der Waals surface area contributed by atoms with E-state index in [2.05, 4.69) is 64.0 Å². The third kappa shape index (κ3) is 5.63. The predicted molar refractivity (Wildman–Crippen MR) is 122 cm³/mol. The van der Waals surface area contributed by atoms with Crippen LogP contribution in [-0.4, -0.2) is 33.1 Å². The standard InChI is InChI=1S/C23H29N5OS/c1-23(2,3)21-26-27-22(28(21)24)30-16-20(29)25-15-14-19(17-10-6-4-7-11-17)18-12-8-5-9-13-18/h4-13,19H,14-16,24H2,1-3H3,(H,25,29). The molecule has 3 N–H and O–H groups in total. The fraction of sp³-hybridized carbons (Fsp3) is 0.348. The minimum atomic E-state index is -0.202. The predicted octanol–water partition coefficient (Wildman–Crippen LogP) is 3.72. The van der Waals surface area contributed by atoms with E-state index in [1.165, 1.54) is 27.6 Å². The van der Waals surface area contributed by atoms with Crippen LogP contribution in [0.2, 0.25) is 0 Å². The molecule has 158 valence electrons. The molecule has 6 nitrogen and oxygen atoms in total. The number of nitrogens with one attached hydrogen (secondary N) is 1. The van der Waals surface area contributed by atoms with Crippen molar-refractivity contribution in [1.82, 2.24) is 20.2 Å². The van der Waals surface area contributed by atoms with Crippen molar-refractivity contribution in [3.63, 3.8) is 0 Å². The molecule has 3 rings (SSSR count). The minimum Gasteiger partial charge on any atom is -0.355 e. The molecule has 7 heteroatoms. The van der Waals surface area contributed by atoms with Crippen LogP contribution in [-0.2, 0) is 10.2 Å². The van der Waals surface area contributed by atoms with E-state index in [0.717, 1.165) is 6.42 Å². The summed E-state index contributed by atoms with van der Waals surface area (Å²) in [4.78, 5) is 12.4. The van der Waals surface area contributed by atoms with E-state index in [1.807, 2.05) is 32.9 Å². The largest absolute Gasteiger partial charge is 0.355 e. The number of amides is 1. The van der Waals surface area contributed by atoms with Gasteiger partial charge in [-0.15, -0.1) is 10.2 Å². The summed E-state index contributed by atoms with van der Waals surface area (Å²) in [5.41, 5.74) is 2.30. The molecule has 1 amide bonds. The van der Waals surface area contributed by atoms with E-state index in [1.54, 1.807) is 0 Å². The lowest BCUT2D eigenvalue weighted by Crippen LogP contribution is -2.28. The zero-order valence-corrected chi connectivity index (χ0v) is 18.5. The van der Waals surface area contributed by atoms with Crippen molar-refractivity contribution >= 4 is 17.7 Å². The Bertz CT molecular complexity index is 911. The van der Waals surface area contributed by atoms with Crippen molar-refractivity contribution in [3.05, 3.63) is 77.6 Å². The lowest BCUT2D eigenvalue weighted by atomic mass is 9.88. The van der Waals surface area contributed by atoms with Crippen molar-refractivity contribution in [1.29, 1.82) is 0 Å². The summed E-state index contributed by atoms with van der Waals surface area (Å²) in [7, 11) is 0. The summed E-state index contributed by atoms with van der Waals surface area (Å²) in [6.45, 7) is 6.67. The molecule has 0 aliphatic carbocycles. The van der Waals surface area contributed by atoms with Crippen molar-refractivity contribution in [2.75, 3.05) is 18.1 Å².